The van der Waals surface area contributed by atoms with Crippen LogP contribution in [-0.4, -0.2) is 35.3 Å². The largest absolute Gasteiger partial charge is 0.409 e. The van der Waals surface area contributed by atoms with Crippen molar-refractivity contribution in [2.24, 2.45) is 16.3 Å². The van der Waals surface area contributed by atoms with Crippen molar-refractivity contribution in [3.05, 3.63) is 35.9 Å². The van der Waals surface area contributed by atoms with Gasteiger partial charge in [-0.1, -0.05) is 49.3 Å². The Bertz CT molecular complexity index is 432. The number of rotatable bonds is 9. The van der Waals surface area contributed by atoms with E-state index in [1.54, 1.807) is 0 Å². The lowest BCUT2D eigenvalue weighted by Crippen LogP contribution is -2.37. The summed E-state index contributed by atoms with van der Waals surface area (Å²) in [6.07, 6.45) is 2.52. The van der Waals surface area contributed by atoms with Gasteiger partial charge in [-0.15, -0.1) is 0 Å². The normalized spacial score (nSPS) is 14.1. The summed E-state index contributed by atoms with van der Waals surface area (Å²) in [7, 11) is 0. The second-order valence-electron chi connectivity index (χ2n) is 6.00. The van der Waals surface area contributed by atoms with Gasteiger partial charge in [-0.05, 0) is 31.4 Å². The van der Waals surface area contributed by atoms with E-state index in [9.17, 15) is 5.11 Å². The summed E-state index contributed by atoms with van der Waals surface area (Å²) in [5, 5.41) is 24.6. The van der Waals surface area contributed by atoms with Crippen molar-refractivity contribution in [2.45, 2.75) is 39.2 Å². The minimum absolute atomic E-state index is 0.0550. The molecule has 0 spiro atoms. The number of benzene rings is 1. The molecule has 5 heteroatoms. The van der Waals surface area contributed by atoms with Gasteiger partial charge in [0.25, 0.3) is 0 Å². The maximum Gasteiger partial charge on any atom is 0.144 e. The molecule has 0 heterocycles. The maximum atomic E-state index is 9.44. The molecule has 0 aliphatic rings. The zero-order valence-electron chi connectivity index (χ0n) is 12.9. The second kappa shape index (κ2) is 8.64. The maximum absolute atomic E-state index is 9.44. The molecule has 0 bridgehead atoms. The first kappa shape index (κ1) is 17.5. The molecule has 118 valence electrons. The van der Waals surface area contributed by atoms with Gasteiger partial charge in [0, 0.05) is 11.5 Å². The Kier molecular flexibility index (Phi) is 7.19. The summed E-state index contributed by atoms with van der Waals surface area (Å²) in [4.78, 5) is 0. The van der Waals surface area contributed by atoms with E-state index in [0.717, 1.165) is 25.8 Å². The van der Waals surface area contributed by atoms with Crippen LogP contribution in [0.3, 0.4) is 0 Å². The number of aliphatic hydroxyl groups is 1. The molecule has 1 aromatic carbocycles. The number of hydrogen-bond acceptors (Lipinski definition) is 4. The summed E-state index contributed by atoms with van der Waals surface area (Å²) in [5.74, 6) is 0.255. The van der Waals surface area contributed by atoms with Gasteiger partial charge in [0.2, 0.25) is 0 Å². The van der Waals surface area contributed by atoms with Gasteiger partial charge in [0.05, 0.1) is 6.61 Å². The van der Waals surface area contributed by atoms with Gasteiger partial charge in [-0.3, -0.25) is 0 Å². The molecular weight excluding hydrogens is 266 g/mol. The molecule has 0 aromatic heterocycles. The minimum Gasteiger partial charge on any atom is -0.409 e. The van der Waals surface area contributed by atoms with Crippen molar-refractivity contribution < 1.29 is 10.3 Å². The van der Waals surface area contributed by atoms with Crippen LogP contribution in [-0.2, 0) is 6.42 Å². The fourth-order valence-corrected chi connectivity index (χ4v) is 2.20. The zero-order chi connectivity index (χ0) is 15.7. The summed E-state index contributed by atoms with van der Waals surface area (Å²) in [6.45, 7) is 4.81. The Balaban J connectivity index is 2.33. The quantitative estimate of drug-likeness (QED) is 0.183. The minimum atomic E-state index is -0.315. The fraction of sp³-hybridized carbons (Fsp3) is 0.562. The first-order chi connectivity index (χ1) is 9.99. The monoisotopic (exact) mass is 293 g/mol. The van der Waals surface area contributed by atoms with Gasteiger partial charge in [-0.2, -0.15) is 0 Å². The Labute approximate surface area is 126 Å². The highest BCUT2D eigenvalue weighted by molar-refractivity contribution is 5.85. The van der Waals surface area contributed by atoms with E-state index < -0.39 is 0 Å². The number of amidine groups is 1. The van der Waals surface area contributed by atoms with E-state index in [0.29, 0.717) is 0 Å². The molecule has 1 unspecified atom stereocenters. The molecule has 0 saturated carbocycles. The van der Waals surface area contributed by atoms with Crippen molar-refractivity contribution in [3.8, 4) is 0 Å². The van der Waals surface area contributed by atoms with Crippen LogP contribution in [0.1, 0.15) is 32.3 Å². The number of hydrogen-bond donors (Lipinski definition) is 4. The van der Waals surface area contributed by atoms with Gasteiger partial charge in [0.1, 0.15) is 5.84 Å². The predicted molar refractivity (Wildman–Crippen MR) is 85.4 cm³/mol. The van der Waals surface area contributed by atoms with Crippen LogP contribution in [0.5, 0.6) is 0 Å². The molecule has 5 nitrogen and oxygen atoms in total. The number of nitrogens with zero attached hydrogens (tertiary/aromatic N) is 1. The smallest absolute Gasteiger partial charge is 0.144 e. The van der Waals surface area contributed by atoms with E-state index in [-0.39, 0.29) is 23.9 Å². The van der Waals surface area contributed by atoms with Gasteiger partial charge in [-0.25, -0.2) is 0 Å². The molecule has 1 aromatic rings. The van der Waals surface area contributed by atoms with Crippen molar-refractivity contribution in [3.63, 3.8) is 0 Å². The molecule has 0 aliphatic carbocycles. The molecule has 0 saturated heterocycles. The average Bonchev–Trinajstić information content (AvgIpc) is 2.50. The van der Waals surface area contributed by atoms with Gasteiger partial charge in [0.15, 0.2) is 0 Å². The zero-order valence-corrected chi connectivity index (χ0v) is 12.9. The third-order valence-corrected chi connectivity index (χ3v) is 3.76. The Morgan fingerprint density at radius 1 is 1.33 bits per heavy atom. The molecule has 0 radical (unpaired) electrons. The lowest BCUT2D eigenvalue weighted by molar-refractivity contribution is 0.240. The van der Waals surface area contributed by atoms with Crippen LogP contribution in [0.4, 0.5) is 0 Å². The number of oxime groups is 1. The molecule has 0 aliphatic heterocycles. The first-order valence-electron chi connectivity index (χ1n) is 7.36. The molecule has 0 amide bonds. The van der Waals surface area contributed by atoms with Crippen LogP contribution in [0.25, 0.3) is 0 Å². The summed E-state index contributed by atoms with van der Waals surface area (Å²) in [5.41, 5.74) is 6.56. The van der Waals surface area contributed by atoms with E-state index in [1.807, 2.05) is 32.0 Å². The van der Waals surface area contributed by atoms with Crippen molar-refractivity contribution >= 4 is 5.84 Å². The lowest BCUT2D eigenvalue weighted by Gasteiger charge is -2.23. The molecule has 21 heavy (non-hydrogen) atoms. The highest BCUT2D eigenvalue weighted by Crippen LogP contribution is 2.21. The van der Waals surface area contributed by atoms with Crippen LogP contribution < -0.4 is 11.1 Å². The SMILES string of the molecule is CC(C)(CCCNC(CO)Cc1ccccc1)C(N)=NO. The van der Waals surface area contributed by atoms with Crippen LogP contribution in [0.2, 0.25) is 0 Å². The molecule has 5 N–H and O–H groups in total. The third kappa shape index (κ3) is 6.14. The Hall–Kier alpha value is -1.59. The van der Waals surface area contributed by atoms with Gasteiger partial charge < -0.3 is 21.4 Å². The highest BCUT2D eigenvalue weighted by atomic mass is 16.4. The van der Waals surface area contributed by atoms with Crippen molar-refractivity contribution in [1.29, 1.82) is 0 Å². The summed E-state index contributed by atoms with van der Waals surface area (Å²) < 4.78 is 0. The van der Waals surface area contributed by atoms with E-state index in [1.165, 1.54) is 5.56 Å². The van der Waals surface area contributed by atoms with Gasteiger partial charge >= 0.3 is 0 Å². The molecule has 0 fully saturated rings. The molecule has 1 atom stereocenters. The second-order valence-corrected chi connectivity index (χ2v) is 6.00. The van der Waals surface area contributed by atoms with E-state index >= 15 is 0 Å². The van der Waals surface area contributed by atoms with Crippen LogP contribution >= 0.6 is 0 Å². The summed E-state index contributed by atoms with van der Waals surface area (Å²) >= 11 is 0. The fourth-order valence-electron chi connectivity index (χ4n) is 2.20. The molecule has 1 rings (SSSR count). The standard InChI is InChI=1S/C16H27N3O2/c1-16(2,15(17)19-21)9-6-10-18-14(12-20)11-13-7-4-3-5-8-13/h3-5,7-8,14,18,20-21H,6,9-12H2,1-2H3,(H2,17,19). The predicted octanol–water partition coefficient (Wildman–Crippen LogP) is 1.73. The number of nitrogens with one attached hydrogen (secondary N) is 1. The first-order valence-corrected chi connectivity index (χ1v) is 7.36. The molecular formula is C16H27N3O2. The Morgan fingerprint density at radius 3 is 2.57 bits per heavy atom. The van der Waals surface area contributed by atoms with Crippen molar-refractivity contribution in [1.82, 2.24) is 5.32 Å². The Morgan fingerprint density at radius 2 is 2.00 bits per heavy atom. The van der Waals surface area contributed by atoms with E-state index in [4.69, 9.17) is 10.9 Å². The summed E-state index contributed by atoms with van der Waals surface area (Å²) in [6, 6.07) is 10.2. The lowest BCUT2D eigenvalue weighted by atomic mass is 9.86. The average molecular weight is 293 g/mol. The van der Waals surface area contributed by atoms with Crippen LogP contribution in [0.15, 0.2) is 35.5 Å². The van der Waals surface area contributed by atoms with E-state index in [2.05, 4.69) is 22.6 Å². The topological polar surface area (TPSA) is 90.9 Å². The van der Waals surface area contributed by atoms with Crippen molar-refractivity contribution in [2.75, 3.05) is 13.2 Å². The third-order valence-electron chi connectivity index (χ3n) is 3.76. The number of nitrogens with two attached hydrogens (primary N) is 1. The number of aliphatic hydroxyl groups excluding tert-OH is 1. The van der Waals surface area contributed by atoms with Crippen LogP contribution in [0, 0.1) is 5.41 Å². The highest BCUT2D eigenvalue weighted by Gasteiger charge is 2.22.